The van der Waals surface area contributed by atoms with Crippen LogP contribution in [-0.4, -0.2) is 18.8 Å². The summed E-state index contributed by atoms with van der Waals surface area (Å²) in [4.78, 5) is 3.55. The molecule has 0 unspecified atom stereocenters. The van der Waals surface area contributed by atoms with Gasteiger partial charge >= 0.3 is 0 Å². The van der Waals surface area contributed by atoms with Crippen LogP contribution in [0.1, 0.15) is 19.8 Å². The molecular weight excluding hydrogens is 114 g/mol. The molecule has 0 aliphatic carbocycles. The van der Waals surface area contributed by atoms with E-state index in [1.165, 1.54) is 0 Å². The molecule has 0 amide bonds. The zero-order chi connectivity index (χ0) is 6.74. The lowest BCUT2D eigenvalue weighted by atomic mass is 9.94. The highest BCUT2D eigenvalue weighted by molar-refractivity contribution is 4.95. The summed E-state index contributed by atoms with van der Waals surface area (Å²) in [7, 11) is 0. The molecule has 9 heavy (non-hydrogen) atoms. The van der Waals surface area contributed by atoms with Crippen molar-refractivity contribution in [2.45, 2.75) is 25.3 Å². The first kappa shape index (κ1) is 6.57. The fraction of sp³-hybridized carbons (Fsp3) is 0.857. The van der Waals surface area contributed by atoms with E-state index in [0.717, 1.165) is 26.1 Å². The van der Waals surface area contributed by atoms with Crippen molar-refractivity contribution in [1.82, 2.24) is 0 Å². The minimum absolute atomic E-state index is 0.113. The maximum atomic E-state index is 6.86. The number of ether oxygens (including phenoxy) is 1. The van der Waals surface area contributed by atoms with Crippen molar-refractivity contribution in [3.8, 4) is 0 Å². The molecule has 0 aromatic heterocycles. The van der Waals surface area contributed by atoms with E-state index in [4.69, 9.17) is 11.3 Å². The van der Waals surface area contributed by atoms with Crippen molar-refractivity contribution in [2.24, 2.45) is 0 Å². The van der Waals surface area contributed by atoms with Crippen LogP contribution in [0.2, 0.25) is 0 Å². The van der Waals surface area contributed by atoms with E-state index in [9.17, 15) is 0 Å². The second kappa shape index (κ2) is 2.36. The van der Waals surface area contributed by atoms with Crippen LogP contribution in [0.4, 0.5) is 0 Å². The van der Waals surface area contributed by atoms with Crippen LogP contribution in [-0.2, 0) is 4.74 Å². The van der Waals surface area contributed by atoms with Crippen LogP contribution in [0.3, 0.4) is 0 Å². The molecule has 1 aliphatic rings. The Morgan fingerprint density at radius 3 is 2.33 bits per heavy atom. The van der Waals surface area contributed by atoms with Crippen LogP contribution in [0.15, 0.2) is 0 Å². The van der Waals surface area contributed by atoms with E-state index in [2.05, 4.69) is 4.85 Å². The molecule has 1 heterocycles. The van der Waals surface area contributed by atoms with Gasteiger partial charge in [0, 0.05) is 19.8 Å². The molecule has 0 spiro atoms. The molecule has 1 aliphatic heterocycles. The van der Waals surface area contributed by atoms with E-state index in [0.29, 0.717) is 0 Å². The van der Waals surface area contributed by atoms with E-state index in [-0.39, 0.29) is 5.54 Å². The van der Waals surface area contributed by atoms with Gasteiger partial charge in [0.1, 0.15) is 0 Å². The monoisotopic (exact) mass is 125 g/mol. The van der Waals surface area contributed by atoms with E-state index >= 15 is 0 Å². The van der Waals surface area contributed by atoms with Gasteiger partial charge < -0.3 is 9.58 Å². The van der Waals surface area contributed by atoms with Crippen molar-refractivity contribution in [2.75, 3.05) is 13.2 Å². The van der Waals surface area contributed by atoms with Crippen LogP contribution >= 0.6 is 0 Å². The third-order valence-electron chi connectivity index (χ3n) is 1.84. The minimum atomic E-state index is -0.113. The third kappa shape index (κ3) is 1.43. The summed E-state index contributed by atoms with van der Waals surface area (Å²) in [6, 6.07) is 0. The molecule has 1 saturated heterocycles. The largest absolute Gasteiger partial charge is 0.381 e. The lowest BCUT2D eigenvalue weighted by Gasteiger charge is -2.21. The molecule has 0 bridgehead atoms. The Morgan fingerprint density at radius 2 is 2.00 bits per heavy atom. The molecule has 0 atom stereocenters. The number of nitrogens with zero attached hydrogens (tertiary/aromatic N) is 1. The number of hydrogen-bond acceptors (Lipinski definition) is 1. The molecule has 1 rings (SSSR count). The maximum Gasteiger partial charge on any atom is 0.234 e. The Bertz CT molecular complexity index is 130. The molecule has 0 radical (unpaired) electrons. The second-order valence-electron chi connectivity index (χ2n) is 2.72. The van der Waals surface area contributed by atoms with Crippen molar-refractivity contribution in [3.63, 3.8) is 0 Å². The summed E-state index contributed by atoms with van der Waals surface area (Å²) in [5.74, 6) is 0. The predicted octanol–water partition coefficient (Wildman–Crippen LogP) is 1.47. The van der Waals surface area contributed by atoms with Gasteiger partial charge in [-0.1, -0.05) is 0 Å². The Balaban J connectivity index is 2.49. The normalized spacial score (nSPS) is 24.9. The zero-order valence-corrected chi connectivity index (χ0v) is 5.68. The smallest absolute Gasteiger partial charge is 0.234 e. The van der Waals surface area contributed by atoms with E-state index < -0.39 is 0 Å². The SMILES string of the molecule is [C-]#[N+]C1(C)CCOCC1. The van der Waals surface area contributed by atoms with Gasteiger partial charge in [-0.2, -0.15) is 0 Å². The predicted molar refractivity (Wildman–Crippen MR) is 35.1 cm³/mol. The third-order valence-corrected chi connectivity index (χ3v) is 1.84. The molecule has 0 N–H and O–H groups in total. The minimum Gasteiger partial charge on any atom is -0.381 e. The van der Waals surface area contributed by atoms with E-state index in [1.807, 2.05) is 6.92 Å². The Morgan fingerprint density at radius 1 is 1.44 bits per heavy atom. The van der Waals surface area contributed by atoms with Crippen molar-refractivity contribution >= 4 is 0 Å². The lowest BCUT2D eigenvalue weighted by Crippen LogP contribution is -2.29. The van der Waals surface area contributed by atoms with Gasteiger partial charge in [0.05, 0.1) is 13.2 Å². The Hall–Kier alpha value is -0.550. The first-order valence-electron chi connectivity index (χ1n) is 3.23. The number of hydrogen-bond donors (Lipinski definition) is 0. The highest BCUT2D eigenvalue weighted by Crippen LogP contribution is 2.23. The van der Waals surface area contributed by atoms with Gasteiger partial charge in [0.25, 0.3) is 0 Å². The second-order valence-corrected chi connectivity index (χ2v) is 2.72. The van der Waals surface area contributed by atoms with Crippen LogP contribution in [0.5, 0.6) is 0 Å². The standard InChI is InChI=1S/C7H11NO/c1-7(8-2)3-5-9-6-4-7/h3-6H2,1H3. The Labute approximate surface area is 55.6 Å². The van der Waals surface area contributed by atoms with Crippen LogP contribution < -0.4 is 0 Å². The summed E-state index contributed by atoms with van der Waals surface area (Å²) in [6.45, 7) is 10.4. The van der Waals surface area contributed by atoms with Gasteiger partial charge in [0.15, 0.2) is 0 Å². The average Bonchev–Trinajstić information content (AvgIpc) is 1.90. The highest BCUT2D eigenvalue weighted by atomic mass is 16.5. The van der Waals surface area contributed by atoms with Crippen molar-refractivity contribution in [3.05, 3.63) is 11.4 Å². The molecule has 0 aromatic rings. The summed E-state index contributed by atoms with van der Waals surface area (Å²) < 4.78 is 5.12. The van der Waals surface area contributed by atoms with Gasteiger partial charge in [0.2, 0.25) is 5.54 Å². The summed E-state index contributed by atoms with van der Waals surface area (Å²) in [5, 5.41) is 0. The van der Waals surface area contributed by atoms with Crippen LogP contribution in [0, 0.1) is 6.57 Å². The molecule has 50 valence electrons. The molecule has 1 fully saturated rings. The highest BCUT2D eigenvalue weighted by Gasteiger charge is 2.32. The first-order chi connectivity index (χ1) is 4.27. The molecule has 2 nitrogen and oxygen atoms in total. The summed E-state index contributed by atoms with van der Waals surface area (Å²) >= 11 is 0. The average molecular weight is 125 g/mol. The van der Waals surface area contributed by atoms with Gasteiger partial charge in [-0.15, -0.1) is 0 Å². The topological polar surface area (TPSA) is 13.6 Å². The van der Waals surface area contributed by atoms with Gasteiger partial charge in [-0.25, -0.2) is 6.57 Å². The maximum absolute atomic E-state index is 6.86. The van der Waals surface area contributed by atoms with Gasteiger partial charge in [-0.05, 0) is 0 Å². The number of rotatable bonds is 0. The van der Waals surface area contributed by atoms with Crippen molar-refractivity contribution < 1.29 is 4.74 Å². The Kier molecular flexibility index (Phi) is 1.73. The van der Waals surface area contributed by atoms with Crippen molar-refractivity contribution in [1.29, 1.82) is 0 Å². The molecular formula is C7H11NO. The molecule has 0 aromatic carbocycles. The fourth-order valence-electron chi connectivity index (χ4n) is 0.923. The summed E-state index contributed by atoms with van der Waals surface area (Å²) in [6.07, 6.45) is 1.80. The molecule has 2 heteroatoms. The van der Waals surface area contributed by atoms with E-state index in [1.54, 1.807) is 0 Å². The van der Waals surface area contributed by atoms with Gasteiger partial charge in [-0.3, -0.25) is 0 Å². The van der Waals surface area contributed by atoms with Crippen LogP contribution in [0.25, 0.3) is 4.85 Å². The quantitative estimate of drug-likeness (QED) is 0.447. The lowest BCUT2D eigenvalue weighted by molar-refractivity contribution is 0.0705. The summed E-state index contributed by atoms with van der Waals surface area (Å²) in [5.41, 5.74) is -0.113. The fourth-order valence-corrected chi connectivity index (χ4v) is 0.923. The first-order valence-corrected chi connectivity index (χ1v) is 3.23. The molecule has 0 saturated carbocycles. The zero-order valence-electron chi connectivity index (χ0n) is 5.68.